The zero-order valence-corrected chi connectivity index (χ0v) is 18.7. The number of hydrogen-bond donors (Lipinski definition) is 0. The zero-order chi connectivity index (χ0) is 18.1. The van der Waals surface area contributed by atoms with E-state index in [1.54, 1.807) is 10.5 Å². The molecule has 1 heteroatoms. The van der Waals surface area contributed by atoms with Gasteiger partial charge < -0.3 is 0 Å². The van der Waals surface area contributed by atoms with Crippen molar-refractivity contribution in [2.24, 2.45) is 0 Å². The van der Waals surface area contributed by atoms with E-state index in [1.165, 1.54) is 33.4 Å². The molecule has 0 atom stereocenters. The first-order valence-electron chi connectivity index (χ1n) is 8.88. The second kappa shape index (κ2) is 7.38. The van der Waals surface area contributed by atoms with Crippen LogP contribution in [-0.2, 0) is 0 Å². The summed E-state index contributed by atoms with van der Waals surface area (Å²) < 4.78 is 4.66. The summed E-state index contributed by atoms with van der Waals surface area (Å²) in [5.74, 6) is 0. The predicted octanol–water partition coefficient (Wildman–Crippen LogP) is 4.05. The van der Waals surface area contributed by atoms with Crippen molar-refractivity contribution in [3.8, 4) is 0 Å². The molecule has 0 amide bonds. The fourth-order valence-electron chi connectivity index (χ4n) is 3.04. The molecule has 0 N–H and O–H groups in total. The van der Waals surface area contributed by atoms with E-state index in [9.17, 15) is 0 Å². The van der Waals surface area contributed by atoms with E-state index < -0.39 is 20.2 Å². The summed E-state index contributed by atoms with van der Waals surface area (Å²) in [5.41, 5.74) is 8.34. The minimum absolute atomic E-state index is 1.38. The molecule has 0 aliphatic carbocycles. The van der Waals surface area contributed by atoms with Crippen molar-refractivity contribution in [2.45, 2.75) is 41.5 Å². The number of benzene rings is 3. The molecule has 3 aromatic rings. The normalized spacial score (nSPS) is 11.2. The van der Waals surface area contributed by atoms with Gasteiger partial charge in [-0.2, -0.15) is 0 Å². The summed E-state index contributed by atoms with van der Waals surface area (Å²) in [6, 6.07) is 21.3. The molecule has 0 saturated carbocycles. The van der Waals surface area contributed by atoms with E-state index in [4.69, 9.17) is 0 Å². The van der Waals surface area contributed by atoms with Crippen LogP contribution in [0.5, 0.6) is 0 Å². The Labute approximate surface area is 159 Å². The average molecular weight is 437 g/mol. The molecular weight excluding hydrogens is 410 g/mol. The van der Waals surface area contributed by atoms with Crippen molar-refractivity contribution in [3.63, 3.8) is 0 Å². The van der Waals surface area contributed by atoms with Crippen LogP contribution in [-0.4, -0.2) is 20.2 Å². The van der Waals surface area contributed by atoms with Crippen LogP contribution in [0.15, 0.2) is 54.6 Å². The van der Waals surface area contributed by atoms with Gasteiger partial charge >= 0.3 is 160 Å². The van der Waals surface area contributed by atoms with Crippen LogP contribution in [0.25, 0.3) is 0 Å². The van der Waals surface area contributed by atoms with Crippen molar-refractivity contribution in [1.82, 2.24) is 0 Å². The Hall–Kier alpha value is -1.52. The molecule has 25 heavy (non-hydrogen) atoms. The average Bonchev–Trinajstić information content (AvgIpc) is 2.57. The summed E-state index contributed by atoms with van der Waals surface area (Å²) in [7, 11) is 0. The minimum atomic E-state index is -2.01. The summed E-state index contributed by atoms with van der Waals surface area (Å²) in [6.07, 6.45) is 0. The van der Waals surface area contributed by atoms with Gasteiger partial charge in [0.25, 0.3) is 0 Å². The van der Waals surface area contributed by atoms with Gasteiger partial charge in [0.2, 0.25) is 0 Å². The first kappa shape index (κ1) is 18.3. The summed E-state index contributed by atoms with van der Waals surface area (Å²) in [4.78, 5) is 0. The predicted molar refractivity (Wildman–Crippen MR) is 112 cm³/mol. The monoisotopic (exact) mass is 436 g/mol. The molecular formula is C24H27Sb. The second-order valence-corrected chi connectivity index (χ2v) is 13.5. The quantitative estimate of drug-likeness (QED) is 0.543. The molecule has 0 heterocycles. The van der Waals surface area contributed by atoms with Gasteiger partial charge in [-0.15, -0.1) is 0 Å². The molecule has 0 saturated heterocycles. The molecule has 0 fully saturated rings. The third-order valence-electron chi connectivity index (χ3n) is 5.25. The first-order valence-corrected chi connectivity index (χ1v) is 12.7. The number of rotatable bonds is 3. The van der Waals surface area contributed by atoms with E-state index in [0.29, 0.717) is 0 Å². The molecule has 0 unspecified atom stereocenters. The van der Waals surface area contributed by atoms with Crippen molar-refractivity contribution in [1.29, 1.82) is 0 Å². The van der Waals surface area contributed by atoms with Crippen molar-refractivity contribution < 1.29 is 0 Å². The van der Waals surface area contributed by atoms with Crippen LogP contribution in [0.1, 0.15) is 33.4 Å². The summed E-state index contributed by atoms with van der Waals surface area (Å²) >= 11 is -2.01. The molecule has 0 nitrogen and oxygen atoms in total. The van der Waals surface area contributed by atoms with E-state index in [-0.39, 0.29) is 0 Å². The van der Waals surface area contributed by atoms with Gasteiger partial charge in [0, 0.05) is 0 Å². The third kappa shape index (κ3) is 3.85. The topological polar surface area (TPSA) is 0 Å². The van der Waals surface area contributed by atoms with Gasteiger partial charge in [-0.3, -0.25) is 0 Å². The molecule has 128 valence electrons. The molecule has 0 aliphatic rings. The molecule has 3 aromatic carbocycles. The van der Waals surface area contributed by atoms with Crippen molar-refractivity contribution >= 4 is 30.7 Å². The van der Waals surface area contributed by atoms with Crippen LogP contribution in [0.3, 0.4) is 0 Å². The van der Waals surface area contributed by atoms with Gasteiger partial charge in [-0.1, -0.05) is 0 Å². The Morgan fingerprint density at radius 1 is 0.400 bits per heavy atom. The van der Waals surface area contributed by atoms with E-state index >= 15 is 0 Å². The Kier molecular flexibility index (Phi) is 5.40. The van der Waals surface area contributed by atoms with Gasteiger partial charge in [0.1, 0.15) is 0 Å². The van der Waals surface area contributed by atoms with Crippen LogP contribution < -0.4 is 10.5 Å². The molecule has 0 radical (unpaired) electrons. The molecule has 0 aromatic heterocycles. The van der Waals surface area contributed by atoms with Crippen LogP contribution in [0.4, 0.5) is 0 Å². The first-order chi connectivity index (χ1) is 11.9. The zero-order valence-electron chi connectivity index (χ0n) is 16.1. The summed E-state index contributed by atoms with van der Waals surface area (Å²) in [6.45, 7) is 13.3. The molecule has 0 aliphatic heterocycles. The Morgan fingerprint density at radius 3 is 0.920 bits per heavy atom. The van der Waals surface area contributed by atoms with E-state index in [2.05, 4.69) is 96.1 Å². The SMILES string of the molecule is Cc1cc[c]([Sb]([c]2ccc(C)c(C)c2)[c]2ccc(C)c(C)c2)cc1C. The Bertz CT molecular complexity index is 799. The molecule has 3 rings (SSSR count). The van der Waals surface area contributed by atoms with E-state index in [1.807, 2.05) is 0 Å². The van der Waals surface area contributed by atoms with Gasteiger partial charge in [0.05, 0.1) is 0 Å². The number of hydrogen-bond acceptors (Lipinski definition) is 0. The molecule has 0 bridgehead atoms. The van der Waals surface area contributed by atoms with Gasteiger partial charge in [-0.25, -0.2) is 0 Å². The van der Waals surface area contributed by atoms with Crippen molar-refractivity contribution in [2.75, 3.05) is 0 Å². The van der Waals surface area contributed by atoms with Gasteiger partial charge in [-0.05, 0) is 0 Å². The maximum atomic E-state index is 2.43. The third-order valence-corrected chi connectivity index (χ3v) is 12.0. The van der Waals surface area contributed by atoms with Crippen LogP contribution in [0.2, 0.25) is 0 Å². The van der Waals surface area contributed by atoms with Crippen LogP contribution in [0, 0.1) is 41.5 Å². The van der Waals surface area contributed by atoms with E-state index in [0.717, 1.165) is 0 Å². The standard InChI is InChI=1S/3C8H9.Sb/c3*1-7-5-3-4-6-8(7)2;/h3*3,5-6H,1-2H3;. The molecule has 0 spiro atoms. The fraction of sp³-hybridized carbons (Fsp3) is 0.250. The second-order valence-electron chi connectivity index (χ2n) is 7.14. The fourth-order valence-corrected chi connectivity index (χ4v) is 10.3. The Morgan fingerprint density at radius 2 is 0.680 bits per heavy atom. The number of aryl methyl sites for hydroxylation is 6. The van der Waals surface area contributed by atoms with Gasteiger partial charge in [0.15, 0.2) is 0 Å². The Balaban J connectivity index is 2.21. The summed E-state index contributed by atoms with van der Waals surface area (Å²) in [5, 5.41) is 0. The van der Waals surface area contributed by atoms with Crippen LogP contribution >= 0.6 is 0 Å². The maximum absolute atomic E-state index is 2.43. The van der Waals surface area contributed by atoms with Crippen molar-refractivity contribution in [3.05, 3.63) is 88.0 Å².